The molecule has 1 atom stereocenters. The zero-order chi connectivity index (χ0) is 9.68. The van der Waals surface area contributed by atoms with Crippen molar-refractivity contribution in [2.24, 2.45) is 0 Å². The van der Waals surface area contributed by atoms with E-state index in [9.17, 15) is 0 Å². The molecule has 0 aliphatic carbocycles. The number of aryl methyl sites for hydroxylation is 1. The Balaban J connectivity index is 2.52. The topological polar surface area (TPSA) is 24.9 Å². The van der Waals surface area contributed by atoms with Gasteiger partial charge >= 0.3 is 0 Å². The van der Waals surface area contributed by atoms with Gasteiger partial charge in [-0.15, -0.1) is 17.8 Å². The van der Waals surface area contributed by atoms with Crippen molar-refractivity contribution in [3.8, 4) is 12.3 Å². The highest BCUT2D eigenvalue weighted by Crippen LogP contribution is 2.16. The third-order valence-corrected chi connectivity index (χ3v) is 2.59. The van der Waals surface area contributed by atoms with E-state index in [-0.39, 0.29) is 6.04 Å². The molecule has 3 heteroatoms. The van der Waals surface area contributed by atoms with Crippen LogP contribution in [0, 0.1) is 19.3 Å². The molecule has 13 heavy (non-hydrogen) atoms. The van der Waals surface area contributed by atoms with Gasteiger partial charge in [0.2, 0.25) is 0 Å². The van der Waals surface area contributed by atoms with Crippen molar-refractivity contribution < 1.29 is 0 Å². The summed E-state index contributed by atoms with van der Waals surface area (Å²) in [5.74, 6) is 2.72. The fourth-order valence-corrected chi connectivity index (χ4v) is 1.80. The van der Waals surface area contributed by atoms with Crippen molar-refractivity contribution in [1.82, 2.24) is 4.98 Å². The molecule has 0 radical (unpaired) electrons. The normalized spacial score (nSPS) is 12.1. The number of hydrogen-bond acceptors (Lipinski definition) is 3. The van der Waals surface area contributed by atoms with Gasteiger partial charge in [-0.2, -0.15) is 0 Å². The van der Waals surface area contributed by atoms with Gasteiger partial charge in [0, 0.05) is 5.38 Å². The molecule has 0 bridgehead atoms. The van der Waals surface area contributed by atoms with Gasteiger partial charge in [0.05, 0.1) is 11.7 Å². The molecule has 70 valence electrons. The summed E-state index contributed by atoms with van der Waals surface area (Å²) in [5, 5.41) is 6.16. The first-order valence-electron chi connectivity index (χ1n) is 4.41. The monoisotopic (exact) mass is 194 g/mol. The summed E-state index contributed by atoms with van der Waals surface area (Å²) in [7, 11) is 0. The lowest BCUT2D eigenvalue weighted by atomic mass is 10.2. The van der Waals surface area contributed by atoms with E-state index >= 15 is 0 Å². The molecule has 1 aromatic heterocycles. The molecule has 0 aromatic carbocycles. The van der Waals surface area contributed by atoms with Gasteiger partial charge in [-0.1, -0.05) is 19.3 Å². The Kier molecular flexibility index (Phi) is 3.78. The van der Waals surface area contributed by atoms with E-state index in [1.807, 2.05) is 12.3 Å². The first-order valence-corrected chi connectivity index (χ1v) is 5.29. The third-order valence-electron chi connectivity index (χ3n) is 1.70. The van der Waals surface area contributed by atoms with Gasteiger partial charge in [0.1, 0.15) is 0 Å². The lowest BCUT2D eigenvalue weighted by molar-refractivity contribution is 0.755. The fraction of sp³-hybridized carbons (Fsp3) is 0.500. The number of nitrogens with one attached hydrogen (secondary N) is 1. The molecule has 1 heterocycles. The van der Waals surface area contributed by atoms with Gasteiger partial charge < -0.3 is 5.32 Å². The molecule has 0 fully saturated rings. The van der Waals surface area contributed by atoms with Gasteiger partial charge in [-0.3, -0.25) is 0 Å². The second-order valence-corrected chi connectivity index (χ2v) is 3.80. The predicted octanol–water partition coefficient (Wildman–Crippen LogP) is 2.67. The minimum Gasteiger partial charge on any atom is -0.348 e. The zero-order valence-corrected chi connectivity index (χ0v) is 8.82. The van der Waals surface area contributed by atoms with Crippen molar-refractivity contribution >= 4 is 16.5 Å². The third kappa shape index (κ3) is 3.08. The summed E-state index contributed by atoms with van der Waals surface area (Å²) in [6.45, 7) is 4.10. The Morgan fingerprint density at radius 3 is 3.00 bits per heavy atom. The maximum Gasteiger partial charge on any atom is 0.183 e. The van der Waals surface area contributed by atoms with E-state index in [0.29, 0.717) is 0 Å². The molecule has 0 aliphatic heterocycles. The summed E-state index contributed by atoms with van der Waals surface area (Å²) in [4.78, 5) is 4.29. The predicted molar refractivity (Wildman–Crippen MR) is 58.0 cm³/mol. The Hall–Kier alpha value is -1.01. The van der Waals surface area contributed by atoms with Crippen molar-refractivity contribution in [3.63, 3.8) is 0 Å². The SMILES string of the molecule is C#CC(CCC)Nc1nc(C)cs1. The average molecular weight is 194 g/mol. The number of hydrogen-bond donors (Lipinski definition) is 1. The van der Waals surface area contributed by atoms with E-state index in [2.05, 4.69) is 23.1 Å². The number of anilines is 1. The van der Waals surface area contributed by atoms with Crippen LogP contribution in [0.5, 0.6) is 0 Å². The zero-order valence-electron chi connectivity index (χ0n) is 8.00. The number of aromatic nitrogens is 1. The highest BCUT2D eigenvalue weighted by Gasteiger charge is 2.05. The Labute approximate surface area is 83.4 Å². The number of rotatable bonds is 4. The molecule has 1 aromatic rings. The largest absolute Gasteiger partial charge is 0.348 e. The molecule has 0 aliphatic rings. The summed E-state index contributed by atoms with van der Waals surface area (Å²) in [5.41, 5.74) is 1.04. The Bertz CT molecular complexity index is 298. The lowest BCUT2D eigenvalue weighted by Gasteiger charge is -2.09. The van der Waals surface area contributed by atoms with Crippen LogP contribution in [0.4, 0.5) is 5.13 Å². The van der Waals surface area contributed by atoms with E-state index in [0.717, 1.165) is 23.7 Å². The van der Waals surface area contributed by atoms with E-state index in [1.54, 1.807) is 11.3 Å². The highest BCUT2D eigenvalue weighted by atomic mass is 32.1. The molecule has 0 amide bonds. The van der Waals surface area contributed by atoms with Gasteiger partial charge in [-0.25, -0.2) is 4.98 Å². The van der Waals surface area contributed by atoms with Gasteiger partial charge in [0.25, 0.3) is 0 Å². The average Bonchev–Trinajstić information content (AvgIpc) is 2.50. The van der Waals surface area contributed by atoms with E-state index in [1.165, 1.54) is 0 Å². The van der Waals surface area contributed by atoms with Crippen LogP contribution < -0.4 is 5.32 Å². The van der Waals surface area contributed by atoms with Crippen LogP contribution >= 0.6 is 11.3 Å². The Morgan fingerprint density at radius 1 is 1.77 bits per heavy atom. The standard InChI is InChI=1S/C10H14N2S/c1-4-6-9(5-2)12-10-11-8(3)7-13-10/h2,7,9H,4,6H2,1,3H3,(H,11,12). The van der Waals surface area contributed by atoms with Crippen LogP contribution in [0.25, 0.3) is 0 Å². The summed E-state index contributed by atoms with van der Waals surface area (Å²) < 4.78 is 0. The summed E-state index contributed by atoms with van der Waals surface area (Å²) in [6, 6.07) is 0.121. The minimum absolute atomic E-state index is 0.121. The number of terminal acetylenes is 1. The fourth-order valence-electron chi connectivity index (χ4n) is 1.06. The molecular weight excluding hydrogens is 180 g/mol. The maximum absolute atomic E-state index is 5.38. The minimum atomic E-state index is 0.121. The van der Waals surface area contributed by atoms with Crippen molar-refractivity contribution in [3.05, 3.63) is 11.1 Å². The van der Waals surface area contributed by atoms with Crippen molar-refractivity contribution in [2.45, 2.75) is 32.7 Å². The lowest BCUT2D eigenvalue weighted by Crippen LogP contribution is -2.16. The van der Waals surface area contributed by atoms with Crippen LogP contribution in [0.15, 0.2) is 5.38 Å². The van der Waals surface area contributed by atoms with Gasteiger partial charge in [0.15, 0.2) is 5.13 Å². The molecule has 0 saturated carbocycles. The molecule has 0 spiro atoms. The first kappa shape index (κ1) is 10.1. The molecule has 2 nitrogen and oxygen atoms in total. The second-order valence-electron chi connectivity index (χ2n) is 2.95. The summed E-state index contributed by atoms with van der Waals surface area (Å²) >= 11 is 1.60. The second kappa shape index (κ2) is 4.88. The summed E-state index contributed by atoms with van der Waals surface area (Å²) in [6.07, 6.45) is 7.46. The quantitative estimate of drug-likeness (QED) is 0.745. The van der Waals surface area contributed by atoms with Crippen LogP contribution in [0.2, 0.25) is 0 Å². The molecule has 1 unspecified atom stereocenters. The maximum atomic E-state index is 5.38. The highest BCUT2D eigenvalue weighted by molar-refractivity contribution is 7.13. The number of nitrogens with zero attached hydrogens (tertiary/aromatic N) is 1. The van der Waals surface area contributed by atoms with Crippen LogP contribution in [-0.4, -0.2) is 11.0 Å². The molecule has 1 rings (SSSR count). The van der Waals surface area contributed by atoms with E-state index in [4.69, 9.17) is 6.42 Å². The van der Waals surface area contributed by atoms with Crippen LogP contribution in [0.3, 0.4) is 0 Å². The molecule has 0 saturated heterocycles. The molecule has 1 N–H and O–H groups in total. The first-order chi connectivity index (χ1) is 6.26. The van der Waals surface area contributed by atoms with Gasteiger partial charge in [-0.05, 0) is 13.3 Å². The van der Waals surface area contributed by atoms with Crippen LogP contribution in [0.1, 0.15) is 25.5 Å². The Morgan fingerprint density at radius 2 is 2.54 bits per heavy atom. The van der Waals surface area contributed by atoms with Crippen LogP contribution in [-0.2, 0) is 0 Å². The number of thiazole rings is 1. The smallest absolute Gasteiger partial charge is 0.183 e. The van der Waals surface area contributed by atoms with E-state index < -0.39 is 0 Å². The van der Waals surface area contributed by atoms with Crippen molar-refractivity contribution in [1.29, 1.82) is 0 Å². The molecular formula is C10H14N2S. The van der Waals surface area contributed by atoms with Crippen molar-refractivity contribution in [2.75, 3.05) is 5.32 Å².